The van der Waals surface area contributed by atoms with Gasteiger partial charge in [-0.15, -0.1) is 0 Å². The zero-order valence-electron chi connectivity index (χ0n) is 23.0. The largest absolute Gasteiger partial charge is 0.493 e. The van der Waals surface area contributed by atoms with Gasteiger partial charge in [0.05, 0.1) is 18.6 Å². The quantitative estimate of drug-likeness (QED) is 0.482. The predicted octanol–water partition coefficient (Wildman–Crippen LogP) is 4.53. The Labute approximate surface area is 231 Å². The molecule has 2 aromatic carbocycles. The van der Waals surface area contributed by atoms with Crippen molar-refractivity contribution in [3.8, 4) is 11.5 Å². The van der Waals surface area contributed by atoms with Crippen LogP contribution in [-0.4, -0.2) is 64.1 Å². The zero-order chi connectivity index (χ0) is 26.6. The van der Waals surface area contributed by atoms with Crippen LogP contribution in [0.25, 0.3) is 0 Å². The van der Waals surface area contributed by atoms with E-state index in [9.17, 15) is 8.42 Å². The number of hydrogen-bond acceptors (Lipinski definition) is 6. The van der Waals surface area contributed by atoms with Crippen LogP contribution in [0, 0.1) is 17.3 Å². The first-order valence-electron chi connectivity index (χ1n) is 14.8. The lowest BCUT2D eigenvalue weighted by Crippen LogP contribution is -2.81. The van der Waals surface area contributed by atoms with Gasteiger partial charge in [0.2, 0.25) is 0 Å². The zero-order valence-corrected chi connectivity index (χ0v) is 23.8. The molecule has 7 aliphatic rings. The van der Waals surface area contributed by atoms with Crippen LogP contribution in [0.1, 0.15) is 55.2 Å². The van der Waals surface area contributed by atoms with Crippen molar-refractivity contribution in [3.63, 3.8) is 0 Å². The van der Waals surface area contributed by atoms with Crippen molar-refractivity contribution in [2.75, 3.05) is 33.1 Å². The maximum absolute atomic E-state index is 13.8. The van der Waals surface area contributed by atoms with E-state index in [4.69, 9.17) is 14.2 Å². The second-order valence-electron chi connectivity index (χ2n) is 13.3. The number of rotatable bonds is 8. The van der Waals surface area contributed by atoms with Gasteiger partial charge in [-0.25, -0.2) is 8.42 Å². The van der Waals surface area contributed by atoms with E-state index in [1.54, 1.807) is 14.2 Å². The SMILES string of the molecule is COc1ccc2c3c1O[C@H]1C4(OC)CCC5(CC4CS(=O)(=O)Cc4ccccc4)[C@@H](C2)N(CC2CC2)CC[C@]315. The molecule has 4 bridgehead atoms. The molecule has 0 radical (unpaired) electrons. The molecule has 2 aliphatic heterocycles. The van der Waals surface area contributed by atoms with E-state index in [0.29, 0.717) is 6.04 Å². The average Bonchev–Trinajstić information content (AvgIpc) is 3.67. The van der Waals surface area contributed by atoms with Gasteiger partial charge in [-0.1, -0.05) is 36.4 Å². The summed E-state index contributed by atoms with van der Waals surface area (Å²) in [6.45, 7) is 2.26. The number of benzene rings is 2. The fourth-order valence-electron chi connectivity index (χ4n) is 10.1. The Bertz CT molecular complexity index is 1420. The van der Waals surface area contributed by atoms with Gasteiger partial charge in [0.25, 0.3) is 0 Å². The highest BCUT2D eigenvalue weighted by molar-refractivity contribution is 7.90. The third-order valence-electron chi connectivity index (χ3n) is 11.7. The summed E-state index contributed by atoms with van der Waals surface area (Å²) in [6.07, 6.45) is 7.36. The molecule has 9 rings (SSSR count). The summed E-state index contributed by atoms with van der Waals surface area (Å²) >= 11 is 0. The molecular weight excluding hydrogens is 510 g/mol. The molecule has 0 aromatic heterocycles. The van der Waals surface area contributed by atoms with Crippen molar-refractivity contribution in [3.05, 3.63) is 59.2 Å². The first-order chi connectivity index (χ1) is 18.9. The Morgan fingerprint density at radius 2 is 1.87 bits per heavy atom. The van der Waals surface area contributed by atoms with Crippen LogP contribution in [0.5, 0.6) is 11.5 Å². The summed E-state index contributed by atoms with van der Waals surface area (Å²) in [5.74, 6) is 2.63. The maximum Gasteiger partial charge on any atom is 0.165 e. The highest BCUT2D eigenvalue weighted by Crippen LogP contribution is 2.76. The smallest absolute Gasteiger partial charge is 0.165 e. The fraction of sp³-hybridized carbons (Fsp3) is 0.625. The van der Waals surface area contributed by atoms with Crippen LogP contribution in [0.4, 0.5) is 0 Å². The number of methoxy groups -OCH3 is 2. The van der Waals surface area contributed by atoms with Crippen LogP contribution in [0.2, 0.25) is 0 Å². The van der Waals surface area contributed by atoms with Crippen LogP contribution in [0.3, 0.4) is 0 Å². The van der Waals surface area contributed by atoms with Crippen molar-refractivity contribution in [2.45, 2.75) is 73.9 Å². The number of sulfone groups is 1. The lowest BCUT2D eigenvalue weighted by Gasteiger charge is -2.74. The van der Waals surface area contributed by atoms with Gasteiger partial charge in [-0.05, 0) is 74.6 Å². The molecular formula is C32H39NO5S. The summed E-state index contributed by atoms with van der Waals surface area (Å²) < 4.78 is 47.0. The minimum absolute atomic E-state index is 0.0113. The topological polar surface area (TPSA) is 65.1 Å². The van der Waals surface area contributed by atoms with Crippen LogP contribution in [-0.2, 0) is 32.2 Å². The van der Waals surface area contributed by atoms with E-state index in [1.165, 1.54) is 30.5 Å². The van der Waals surface area contributed by atoms with E-state index in [1.807, 2.05) is 30.3 Å². The van der Waals surface area contributed by atoms with Gasteiger partial charge >= 0.3 is 0 Å². The number of ether oxygens (including phenoxy) is 3. The lowest BCUT2D eigenvalue weighted by molar-refractivity contribution is -0.273. The molecule has 6 atom stereocenters. The van der Waals surface area contributed by atoms with Gasteiger partial charge < -0.3 is 14.2 Å². The van der Waals surface area contributed by atoms with Gasteiger partial charge in [0, 0.05) is 42.0 Å². The number of nitrogens with zero attached hydrogens (tertiary/aromatic N) is 1. The van der Waals surface area contributed by atoms with Gasteiger partial charge in [-0.3, -0.25) is 4.90 Å². The third kappa shape index (κ3) is 3.18. The van der Waals surface area contributed by atoms with Gasteiger partial charge in [0.15, 0.2) is 21.3 Å². The molecule has 7 heteroatoms. The number of likely N-dealkylation sites (tertiary alicyclic amines) is 1. The Kier molecular flexibility index (Phi) is 5.21. The van der Waals surface area contributed by atoms with E-state index in [-0.39, 0.29) is 34.4 Å². The Balaban J connectivity index is 1.26. The Morgan fingerprint density at radius 3 is 2.62 bits per heavy atom. The predicted molar refractivity (Wildman–Crippen MR) is 149 cm³/mol. The molecule has 5 aliphatic carbocycles. The monoisotopic (exact) mass is 549 g/mol. The molecule has 5 fully saturated rings. The Morgan fingerprint density at radius 1 is 1.05 bits per heavy atom. The molecule has 2 heterocycles. The molecule has 6 nitrogen and oxygen atoms in total. The van der Waals surface area contributed by atoms with Gasteiger partial charge in [-0.2, -0.15) is 0 Å². The van der Waals surface area contributed by atoms with Crippen molar-refractivity contribution in [2.24, 2.45) is 17.3 Å². The summed E-state index contributed by atoms with van der Waals surface area (Å²) in [5, 5.41) is 0. The summed E-state index contributed by atoms with van der Waals surface area (Å²) in [6, 6.07) is 14.4. The lowest BCUT2D eigenvalue weighted by atomic mass is 9.35. The van der Waals surface area contributed by atoms with E-state index in [2.05, 4.69) is 17.0 Å². The molecule has 1 saturated heterocycles. The minimum Gasteiger partial charge on any atom is -0.493 e. The first kappa shape index (κ1) is 24.7. The standard InChI is InChI=1S/C32H39NO5S/c1-36-25-11-10-23-16-26-30-12-13-32(37-2,24(17-30)20-39(34,35)19-22-6-4-3-5-7-22)29-31(30,27(23)28(25)38-29)14-15-33(26)18-21-8-9-21/h3-7,10-11,21,24,26,29H,8-9,12-20H2,1-2H3/t24?,26-,29-,30?,31+,32?/m1/s1. The average molecular weight is 550 g/mol. The van der Waals surface area contributed by atoms with Crippen molar-refractivity contribution in [1.82, 2.24) is 4.90 Å². The normalized spacial score (nSPS) is 37.8. The molecule has 2 aromatic rings. The highest BCUT2D eigenvalue weighted by atomic mass is 32.2. The molecule has 2 spiro atoms. The second kappa shape index (κ2) is 8.23. The van der Waals surface area contributed by atoms with Gasteiger partial charge in [0.1, 0.15) is 11.7 Å². The molecule has 0 amide bonds. The molecule has 208 valence electrons. The maximum atomic E-state index is 13.8. The molecule has 4 saturated carbocycles. The highest BCUT2D eigenvalue weighted by Gasteiger charge is 2.80. The summed E-state index contributed by atoms with van der Waals surface area (Å²) in [4.78, 5) is 2.80. The second-order valence-corrected chi connectivity index (χ2v) is 15.4. The first-order valence-corrected chi connectivity index (χ1v) is 16.6. The summed E-state index contributed by atoms with van der Waals surface area (Å²) in [5.41, 5.74) is 2.82. The number of hydrogen-bond donors (Lipinski definition) is 0. The van der Waals surface area contributed by atoms with Crippen molar-refractivity contribution >= 4 is 9.84 Å². The van der Waals surface area contributed by atoms with E-state index < -0.39 is 15.4 Å². The Hall–Kier alpha value is -2.09. The molecule has 3 unspecified atom stereocenters. The fourth-order valence-corrected chi connectivity index (χ4v) is 11.9. The number of piperidine rings is 1. The summed E-state index contributed by atoms with van der Waals surface area (Å²) in [7, 11) is 0.157. The van der Waals surface area contributed by atoms with E-state index in [0.717, 1.165) is 61.6 Å². The van der Waals surface area contributed by atoms with Crippen LogP contribution < -0.4 is 9.47 Å². The van der Waals surface area contributed by atoms with Crippen LogP contribution in [0.15, 0.2) is 42.5 Å². The minimum atomic E-state index is -3.36. The van der Waals surface area contributed by atoms with E-state index >= 15 is 0 Å². The number of fused-ring (bicyclic) bond motifs is 2. The third-order valence-corrected chi connectivity index (χ3v) is 13.4. The molecule has 39 heavy (non-hydrogen) atoms. The molecule has 0 N–H and O–H groups in total. The van der Waals surface area contributed by atoms with Crippen LogP contribution >= 0.6 is 0 Å². The van der Waals surface area contributed by atoms with Crippen molar-refractivity contribution in [1.29, 1.82) is 0 Å². The van der Waals surface area contributed by atoms with Crippen molar-refractivity contribution < 1.29 is 22.6 Å².